The Morgan fingerprint density at radius 1 is 1.06 bits per heavy atom. The number of ether oxygens (including phenoxy) is 3. The average molecular weight is 1080 g/mol. The van der Waals surface area contributed by atoms with Crippen LogP contribution in [0.25, 0.3) is 0 Å². The molecule has 2 amide bonds. The minimum atomic E-state index is -4.58. The molecule has 5 rings (SSSR count). The van der Waals surface area contributed by atoms with Gasteiger partial charge in [-0.3, -0.25) is 39.3 Å². The molecule has 1 atom stereocenters. The highest BCUT2D eigenvalue weighted by molar-refractivity contribution is 7.51. The van der Waals surface area contributed by atoms with Crippen LogP contribution in [0.1, 0.15) is 66.6 Å². The highest BCUT2D eigenvalue weighted by atomic mass is 35.5. The largest absolute Gasteiger partial charge is 0.480 e. The topological polar surface area (TPSA) is 269 Å². The molecule has 0 aliphatic carbocycles. The SMILES string of the molecule is CC1(C)OC(c2ccco2)CN1C(=O)C(Cl)Cl.CCOCN(C(=O)CCl)c1c(C)cccc1CC.O=C(O)CNCP(=O)(O)O.O=C(O)c1cc(Oc2ccc(C(F)(F)F)cc2Cl)ccc1[N+](=O)[O-]. The van der Waals surface area contributed by atoms with E-state index in [9.17, 15) is 47.0 Å². The number of carboxylic acid groups (broad SMARTS) is 2. The molecule has 4 aromatic rings. The van der Waals surface area contributed by atoms with E-state index in [0.717, 1.165) is 53.6 Å². The molecular weight excluding hydrogens is 1030 g/mol. The molecule has 19 nitrogen and oxygen atoms in total. The van der Waals surface area contributed by atoms with Gasteiger partial charge >= 0.3 is 25.7 Å². The van der Waals surface area contributed by atoms with Gasteiger partial charge in [-0.05, 0) is 81.6 Å². The molecule has 1 aromatic heterocycles. The Bertz CT molecular complexity index is 2430. The molecule has 0 bridgehead atoms. The molecular formula is C42H48Cl4F3N4O15P. The molecule has 69 heavy (non-hydrogen) atoms. The van der Waals surface area contributed by atoms with Gasteiger partial charge in [0.2, 0.25) is 5.91 Å². The fraction of sp³-hybridized carbons (Fsp3) is 0.381. The summed E-state index contributed by atoms with van der Waals surface area (Å²) in [6.45, 7) is 10.3. The van der Waals surface area contributed by atoms with E-state index in [4.69, 9.17) is 85.0 Å². The first-order valence-electron chi connectivity index (χ1n) is 19.9. The summed E-state index contributed by atoms with van der Waals surface area (Å²) in [6.07, 6.45) is -3.01. The highest BCUT2D eigenvalue weighted by Crippen LogP contribution is 2.39. The normalized spacial score (nSPS) is 14.0. The summed E-state index contributed by atoms with van der Waals surface area (Å²) in [6, 6.07) is 14.9. The molecule has 1 fully saturated rings. The van der Waals surface area contributed by atoms with Gasteiger partial charge in [-0.1, -0.05) is 59.9 Å². The number of nitro groups is 1. The maximum atomic E-state index is 12.6. The van der Waals surface area contributed by atoms with Crippen LogP contribution >= 0.6 is 54.0 Å². The monoisotopic (exact) mass is 1080 g/mol. The number of hydrogen-bond acceptors (Lipinski definition) is 12. The predicted octanol–water partition coefficient (Wildman–Crippen LogP) is 9.40. The third-order valence-corrected chi connectivity index (χ3v) is 10.6. The van der Waals surface area contributed by atoms with E-state index in [1.54, 1.807) is 31.1 Å². The van der Waals surface area contributed by atoms with E-state index < -0.39 is 70.8 Å². The van der Waals surface area contributed by atoms with Crippen LogP contribution in [0.4, 0.5) is 24.5 Å². The first kappa shape index (κ1) is 60.1. The van der Waals surface area contributed by atoms with Gasteiger partial charge in [0, 0.05) is 18.7 Å². The summed E-state index contributed by atoms with van der Waals surface area (Å²) in [7, 11) is -4.10. The minimum Gasteiger partial charge on any atom is -0.480 e. The number of nitrogens with zero attached hydrogens (tertiary/aromatic N) is 3. The lowest BCUT2D eigenvalue weighted by Crippen LogP contribution is -2.45. The molecule has 1 aliphatic rings. The van der Waals surface area contributed by atoms with Crippen molar-refractivity contribution in [1.29, 1.82) is 0 Å². The van der Waals surface area contributed by atoms with Crippen molar-refractivity contribution >= 4 is 89.1 Å². The van der Waals surface area contributed by atoms with Crippen molar-refractivity contribution < 1.29 is 80.5 Å². The molecule has 0 saturated carbocycles. The van der Waals surface area contributed by atoms with E-state index in [2.05, 4.69) is 12.2 Å². The number of para-hydroxylation sites is 1. The number of benzene rings is 3. The first-order valence-corrected chi connectivity index (χ1v) is 23.5. The maximum absolute atomic E-state index is 12.6. The van der Waals surface area contributed by atoms with Crippen LogP contribution < -0.4 is 15.0 Å². The first-order chi connectivity index (χ1) is 32.1. The molecule has 1 aliphatic heterocycles. The number of aliphatic carboxylic acids is 1. The van der Waals surface area contributed by atoms with Crippen LogP contribution in [0.2, 0.25) is 5.02 Å². The summed E-state index contributed by atoms with van der Waals surface area (Å²) < 4.78 is 69.4. The quantitative estimate of drug-likeness (QED) is 0.0230. The number of anilines is 1. The van der Waals surface area contributed by atoms with Gasteiger partial charge in [-0.2, -0.15) is 13.2 Å². The number of halogens is 7. The van der Waals surface area contributed by atoms with Crippen LogP contribution in [-0.4, -0.2) is 103 Å². The zero-order valence-corrected chi connectivity index (χ0v) is 41.2. The van der Waals surface area contributed by atoms with Gasteiger partial charge in [-0.25, -0.2) is 4.79 Å². The zero-order valence-electron chi connectivity index (χ0n) is 37.2. The lowest BCUT2D eigenvalue weighted by Gasteiger charge is -2.29. The Labute approximate surface area is 413 Å². The van der Waals surface area contributed by atoms with Gasteiger partial charge < -0.3 is 43.5 Å². The van der Waals surface area contributed by atoms with Crippen molar-refractivity contribution in [3.05, 3.63) is 116 Å². The second-order valence-electron chi connectivity index (χ2n) is 14.5. The Balaban J connectivity index is 0.000000328. The van der Waals surface area contributed by atoms with Gasteiger partial charge in [0.05, 0.1) is 46.8 Å². The Morgan fingerprint density at radius 2 is 1.72 bits per heavy atom. The summed E-state index contributed by atoms with van der Waals surface area (Å²) in [4.78, 5) is 72.9. The van der Waals surface area contributed by atoms with E-state index in [1.165, 1.54) is 4.90 Å². The Kier molecular flexibility index (Phi) is 23.9. The number of carboxylic acids is 2. The number of aryl methyl sites for hydroxylation is 2. The lowest BCUT2D eigenvalue weighted by atomic mass is 10.0. The summed E-state index contributed by atoms with van der Waals surface area (Å²) >= 11 is 22.6. The van der Waals surface area contributed by atoms with E-state index >= 15 is 0 Å². The number of rotatable bonds is 16. The number of carbonyl (C=O) groups is 4. The molecule has 1 saturated heterocycles. The average Bonchev–Trinajstić information content (AvgIpc) is 3.92. The van der Waals surface area contributed by atoms with Crippen LogP contribution in [0.5, 0.6) is 11.5 Å². The number of nitrogens with one attached hydrogen (secondary N) is 1. The minimum absolute atomic E-state index is 0.0371. The Morgan fingerprint density at radius 3 is 2.22 bits per heavy atom. The van der Waals surface area contributed by atoms with E-state index in [0.29, 0.717) is 25.0 Å². The molecule has 27 heteroatoms. The predicted molar refractivity (Wildman–Crippen MR) is 248 cm³/mol. The van der Waals surface area contributed by atoms with Crippen molar-refractivity contribution in [3.8, 4) is 11.5 Å². The second kappa shape index (κ2) is 27.4. The number of nitro benzene ring substituents is 1. The number of aromatic carboxylic acids is 1. The highest BCUT2D eigenvalue weighted by Gasteiger charge is 2.45. The number of alkyl halides is 6. The van der Waals surface area contributed by atoms with Gasteiger partial charge in [0.15, 0.2) is 4.84 Å². The molecule has 1 unspecified atom stereocenters. The number of amides is 2. The molecule has 3 aromatic carbocycles. The zero-order chi connectivity index (χ0) is 52.4. The van der Waals surface area contributed by atoms with Crippen molar-refractivity contribution in [2.24, 2.45) is 0 Å². The van der Waals surface area contributed by atoms with Gasteiger partial charge in [-0.15, -0.1) is 11.6 Å². The van der Waals surface area contributed by atoms with Crippen molar-refractivity contribution in [2.45, 2.75) is 63.9 Å². The third-order valence-electron chi connectivity index (χ3n) is 9.03. The van der Waals surface area contributed by atoms with Crippen LogP contribution in [0.15, 0.2) is 77.4 Å². The number of furan rings is 1. The van der Waals surface area contributed by atoms with E-state index in [1.807, 2.05) is 38.1 Å². The number of carbonyl (C=O) groups excluding carboxylic acids is 2. The van der Waals surface area contributed by atoms with Gasteiger partial charge in [0.25, 0.3) is 11.6 Å². The summed E-state index contributed by atoms with van der Waals surface area (Å²) in [5.74, 6) is -2.81. The fourth-order valence-electron chi connectivity index (χ4n) is 5.94. The third kappa shape index (κ3) is 19.4. The van der Waals surface area contributed by atoms with E-state index in [-0.39, 0.29) is 47.1 Å². The fourth-order valence-corrected chi connectivity index (χ4v) is 6.94. The van der Waals surface area contributed by atoms with Crippen LogP contribution in [0.3, 0.4) is 0 Å². The van der Waals surface area contributed by atoms with Crippen molar-refractivity contribution in [2.75, 3.05) is 43.5 Å². The number of hydrogen-bond donors (Lipinski definition) is 5. The Hall–Kier alpha value is -5.00. The van der Waals surface area contributed by atoms with Crippen LogP contribution in [0, 0.1) is 17.0 Å². The second-order valence-corrected chi connectivity index (χ2v) is 17.9. The van der Waals surface area contributed by atoms with Crippen molar-refractivity contribution in [1.82, 2.24) is 10.2 Å². The van der Waals surface area contributed by atoms with Crippen molar-refractivity contribution in [3.63, 3.8) is 0 Å². The summed E-state index contributed by atoms with van der Waals surface area (Å²) in [5, 5.41) is 29.4. The molecule has 0 radical (unpaired) electrons. The standard InChI is InChI=1S/C14H7ClF3NO5.C14H20ClNO2.C11H13Cl2NO3.C3H8NO5P/c15-10-5-7(14(16,17)18)1-4-12(10)24-8-2-3-11(19(22)23)9(6-8)13(20)21;1-4-12-8-6-7-11(3)14(12)16(10-18-5-2)13(17)9-15;1-11(2)14(10(15)9(12)13)6-8(17-11)7-4-3-5-16-7;5-3(6)1-4-2-10(7,8)9/h1-6H,(H,20,21);6-8H,4-5,9-10H2,1-3H3;3-5,8-9H,6H2,1-2H3;4H,1-2H2,(H,5,6)(H2,7,8,9). The molecule has 0 spiro atoms. The summed E-state index contributed by atoms with van der Waals surface area (Å²) in [5.41, 5.74) is 0.139. The molecule has 2 heterocycles. The lowest BCUT2D eigenvalue weighted by molar-refractivity contribution is -0.385. The van der Waals surface area contributed by atoms with Gasteiger partial charge in [0.1, 0.15) is 47.3 Å². The smallest absolute Gasteiger partial charge is 0.416 e. The maximum Gasteiger partial charge on any atom is 0.416 e. The van der Waals surface area contributed by atoms with Crippen LogP contribution in [-0.2, 0) is 41.0 Å². The molecule has 380 valence electrons. The molecule has 5 N–H and O–H groups in total.